The molecule has 0 saturated heterocycles. The normalized spacial score (nSPS) is 11.5. The third-order valence-corrected chi connectivity index (χ3v) is 5.27. The molecule has 1 aromatic carbocycles. The molecular weight excluding hydrogens is 427 g/mol. The van der Waals surface area contributed by atoms with Gasteiger partial charge in [-0.3, -0.25) is 4.79 Å². The number of halogens is 1. The molecule has 10 heteroatoms. The monoisotopic (exact) mass is 452 g/mol. The quantitative estimate of drug-likeness (QED) is 0.375. The molecule has 3 heterocycles. The smallest absolute Gasteiger partial charge is 0.245 e. The largest absolute Gasteiger partial charge is 0.493 e. The summed E-state index contributed by atoms with van der Waals surface area (Å²) in [5.41, 5.74) is 0.989. The molecule has 0 bridgehead atoms. The molecule has 4 rings (SSSR count). The second kappa shape index (κ2) is 8.89. The minimum absolute atomic E-state index is 0.0624. The molecule has 3 aromatic heterocycles. The Kier molecular flexibility index (Phi) is 5.99. The molecule has 0 unspecified atom stereocenters. The van der Waals surface area contributed by atoms with Gasteiger partial charge in [0.15, 0.2) is 17.3 Å². The van der Waals surface area contributed by atoms with Crippen molar-refractivity contribution < 1.29 is 18.7 Å². The lowest BCUT2D eigenvalue weighted by atomic mass is 10.0. The highest BCUT2D eigenvalue weighted by Gasteiger charge is 2.29. The van der Waals surface area contributed by atoms with Gasteiger partial charge in [0.05, 0.1) is 19.7 Å². The first-order valence-corrected chi connectivity index (χ1v) is 10.4. The van der Waals surface area contributed by atoms with Gasteiger partial charge in [-0.05, 0) is 32.0 Å². The van der Waals surface area contributed by atoms with Gasteiger partial charge < -0.3 is 25.1 Å². The highest BCUT2D eigenvalue weighted by atomic mass is 19.1. The number of methoxy groups -OCH3 is 2. The third kappa shape index (κ3) is 4.23. The zero-order chi connectivity index (χ0) is 23.6. The Labute approximate surface area is 189 Å². The number of amides is 1. The maximum Gasteiger partial charge on any atom is 0.245 e. The first kappa shape index (κ1) is 22.3. The van der Waals surface area contributed by atoms with Crippen molar-refractivity contribution >= 4 is 33.7 Å². The predicted molar refractivity (Wildman–Crippen MR) is 124 cm³/mol. The summed E-state index contributed by atoms with van der Waals surface area (Å²) in [6, 6.07) is 7.28. The summed E-state index contributed by atoms with van der Waals surface area (Å²) in [4.78, 5) is 29.6. The summed E-state index contributed by atoms with van der Waals surface area (Å²) in [5.74, 6) is 1.53. The molecule has 9 nitrogen and oxygen atoms in total. The minimum atomic E-state index is -1.08. The Bertz CT molecular complexity index is 1320. The van der Waals surface area contributed by atoms with Crippen LogP contribution in [-0.4, -0.2) is 58.8 Å². The highest BCUT2D eigenvalue weighted by Crippen LogP contribution is 2.37. The Morgan fingerprint density at radius 3 is 2.64 bits per heavy atom. The van der Waals surface area contributed by atoms with Gasteiger partial charge in [0.1, 0.15) is 23.7 Å². The van der Waals surface area contributed by atoms with Crippen LogP contribution in [0.15, 0.2) is 36.7 Å². The molecule has 4 aromatic rings. The van der Waals surface area contributed by atoms with Crippen LogP contribution in [0.4, 0.5) is 10.2 Å². The van der Waals surface area contributed by atoms with Crippen molar-refractivity contribution in [3.63, 3.8) is 0 Å². The number of anilines is 1. The Hall–Kier alpha value is -3.95. The molecule has 0 saturated carbocycles. The van der Waals surface area contributed by atoms with Crippen LogP contribution in [0, 0.1) is 0 Å². The second-order valence-electron chi connectivity index (χ2n) is 7.92. The summed E-state index contributed by atoms with van der Waals surface area (Å²) < 4.78 is 23.5. The SMILES string of the molecule is COc1cc2nc(-c3c[nH]c4ncccc34)nc(NC(C)(C)C(=O)NCCF)c2cc1OC. The number of aromatic nitrogens is 4. The number of pyridine rings is 1. The van der Waals surface area contributed by atoms with E-state index in [9.17, 15) is 9.18 Å². The van der Waals surface area contributed by atoms with Gasteiger partial charge in [-0.2, -0.15) is 0 Å². The molecule has 0 radical (unpaired) electrons. The fourth-order valence-electron chi connectivity index (χ4n) is 3.55. The Morgan fingerprint density at radius 2 is 1.91 bits per heavy atom. The number of nitrogens with zero attached hydrogens (tertiary/aromatic N) is 3. The van der Waals surface area contributed by atoms with Crippen LogP contribution < -0.4 is 20.1 Å². The third-order valence-electron chi connectivity index (χ3n) is 5.27. The zero-order valence-electron chi connectivity index (χ0n) is 18.8. The Balaban J connectivity index is 1.90. The molecule has 0 atom stereocenters. The first-order valence-electron chi connectivity index (χ1n) is 10.4. The summed E-state index contributed by atoms with van der Waals surface area (Å²) in [6.45, 7) is 2.69. The number of hydrogen-bond donors (Lipinski definition) is 3. The van der Waals surface area contributed by atoms with Gasteiger partial charge in [0, 0.05) is 41.3 Å². The van der Waals surface area contributed by atoms with Crippen LogP contribution in [-0.2, 0) is 4.79 Å². The van der Waals surface area contributed by atoms with Gasteiger partial charge in [0.25, 0.3) is 0 Å². The molecule has 0 aliphatic carbocycles. The van der Waals surface area contributed by atoms with Crippen LogP contribution >= 0.6 is 0 Å². The molecule has 172 valence electrons. The topological polar surface area (TPSA) is 114 Å². The average Bonchev–Trinajstić information content (AvgIpc) is 3.25. The van der Waals surface area contributed by atoms with E-state index in [0.717, 1.165) is 10.9 Å². The molecule has 3 N–H and O–H groups in total. The number of aromatic amines is 1. The van der Waals surface area contributed by atoms with Crippen molar-refractivity contribution in [2.24, 2.45) is 0 Å². The average molecular weight is 452 g/mol. The Morgan fingerprint density at radius 1 is 1.15 bits per heavy atom. The maximum atomic E-state index is 12.6. The number of alkyl halides is 1. The molecule has 33 heavy (non-hydrogen) atoms. The predicted octanol–water partition coefficient (Wildman–Crippen LogP) is 3.47. The van der Waals surface area contributed by atoms with E-state index in [-0.39, 0.29) is 12.5 Å². The van der Waals surface area contributed by atoms with Crippen LogP contribution in [0.2, 0.25) is 0 Å². The van der Waals surface area contributed by atoms with Gasteiger partial charge in [-0.15, -0.1) is 0 Å². The molecule has 0 spiro atoms. The standard InChI is InChI=1S/C23H25FN6O3/c1-23(2,22(31)26-9-7-24)30-21-14-10-17(32-3)18(33-4)11-16(14)28-20(29-21)15-12-27-19-13(15)6-5-8-25-19/h5-6,8,10-12H,7,9H2,1-4H3,(H,25,27)(H,26,31)(H,28,29,30). The lowest BCUT2D eigenvalue weighted by molar-refractivity contribution is -0.124. The number of fused-ring (bicyclic) bond motifs is 2. The number of hydrogen-bond acceptors (Lipinski definition) is 7. The second-order valence-corrected chi connectivity index (χ2v) is 7.92. The molecular formula is C23H25FN6O3. The minimum Gasteiger partial charge on any atom is -0.493 e. The summed E-state index contributed by atoms with van der Waals surface area (Å²) in [6.07, 6.45) is 3.50. The van der Waals surface area contributed by atoms with Crippen molar-refractivity contribution in [3.8, 4) is 22.9 Å². The van der Waals surface area contributed by atoms with Crippen LogP contribution in [0.25, 0.3) is 33.3 Å². The summed E-state index contributed by atoms with van der Waals surface area (Å²) in [5, 5.41) is 7.28. The lowest BCUT2D eigenvalue weighted by Gasteiger charge is -2.26. The zero-order valence-corrected chi connectivity index (χ0v) is 18.8. The van der Waals surface area contributed by atoms with E-state index in [1.165, 1.54) is 0 Å². The highest BCUT2D eigenvalue weighted by molar-refractivity contribution is 5.98. The fraction of sp³-hybridized carbons (Fsp3) is 0.304. The van der Waals surface area contributed by atoms with Gasteiger partial charge in [-0.1, -0.05) is 0 Å². The molecule has 0 aliphatic heterocycles. The van der Waals surface area contributed by atoms with E-state index in [4.69, 9.17) is 19.4 Å². The lowest BCUT2D eigenvalue weighted by Crippen LogP contribution is -2.48. The maximum absolute atomic E-state index is 12.6. The van der Waals surface area contributed by atoms with E-state index in [1.807, 2.05) is 12.1 Å². The van der Waals surface area contributed by atoms with Crippen molar-refractivity contribution in [2.75, 3.05) is 32.8 Å². The number of nitrogens with one attached hydrogen (secondary N) is 3. The fourth-order valence-corrected chi connectivity index (χ4v) is 3.55. The summed E-state index contributed by atoms with van der Waals surface area (Å²) in [7, 11) is 3.09. The number of H-pyrrole nitrogens is 1. The molecule has 0 fully saturated rings. The summed E-state index contributed by atoms with van der Waals surface area (Å²) >= 11 is 0. The first-order chi connectivity index (χ1) is 15.9. The van der Waals surface area contributed by atoms with Gasteiger partial charge in [-0.25, -0.2) is 19.3 Å². The number of rotatable bonds is 8. The molecule has 1 amide bonds. The van der Waals surface area contributed by atoms with Crippen molar-refractivity contribution in [1.29, 1.82) is 0 Å². The van der Waals surface area contributed by atoms with E-state index in [0.29, 0.717) is 39.7 Å². The van der Waals surface area contributed by atoms with Crippen LogP contribution in [0.5, 0.6) is 11.5 Å². The number of benzene rings is 1. The van der Waals surface area contributed by atoms with Crippen LogP contribution in [0.1, 0.15) is 13.8 Å². The van der Waals surface area contributed by atoms with E-state index in [2.05, 4.69) is 20.6 Å². The van der Waals surface area contributed by atoms with Crippen molar-refractivity contribution in [2.45, 2.75) is 19.4 Å². The number of carbonyl (C=O) groups excluding carboxylic acids is 1. The van der Waals surface area contributed by atoms with Crippen molar-refractivity contribution in [3.05, 3.63) is 36.7 Å². The molecule has 0 aliphatic rings. The van der Waals surface area contributed by atoms with Crippen LogP contribution in [0.3, 0.4) is 0 Å². The number of carbonyl (C=O) groups is 1. The number of ether oxygens (including phenoxy) is 2. The van der Waals surface area contributed by atoms with Gasteiger partial charge >= 0.3 is 0 Å². The van der Waals surface area contributed by atoms with E-state index in [1.54, 1.807) is 52.6 Å². The van der Waals surface area contributed by atoms with Crippen molar-refractivity contribution in [1.82, 2.24) is 25.3 Å². The van der Waals surface area contributed by atoms with E-state index >= 15 is 0 Å². The van der Waals surface area contributed by atoms with E-state index < -0.39 is 12.2 Å². The van der Waals surface area contributed by atoms with Gasteiger partial charge in [0.2, 0.25) is 5.91 Å².